The van der Waals surface area contributed by atoms with Gasteiger partial charge in [0.1, 0.15) is 12.4 Å². The molecule has 7 heteroatoms. The van der Waals surface area contributed by atoms with Gasteiger partial charge in [-0.1, -0.05) is 12.1 Å². The van der Waals surface area contributed by atoms with Crippen LogP contribution in [0.2, 0.25) is 0 Å². The van der Waals surface area contributed by atoms with E-state index in [0.717, 1.165) is 5.69 Å². The van der Waals surface area contributed by atoms with Gasteiger partial charge in [-0.15, -0.1) is 0 Å². The van der Waals surface area contributed by atoms with Crippen LogP contribution < -0.4 is 9.21 Å². The van der Waals surface area contributed by atoms with Gasteiger partial charge < -0.3 is 14.4 Å². The first-order valence-electron chi connectivity index (χ1n) is 6.56. The van der Waals surface area contributed by atoms with Gasteiger partial charge in [0.05, 0.1) is 17.9 Å². The molecule has 3 rings (SSSR count). The second-order valence-corrected chi connectivity index (χ2v) is 6.66. The number of para-hydroxylation sites is 2. The quantitative estimate of drug-likeness (QED) is 0.928. The molecule has 0 fully saturated rings. The fourth-order valence-electron chi connectivity index (χ4n) is 2.42. The molecule has 0 spiro atoms. The van der Waals surface area contributed by atoms with E-state index in [4.69, 9.17) is 9.52 Å². The van der Waals surface area contributed by atoms with Crippen LogP contribution in [0.25, 0.3) is 0 Å². The van der Waals surface area contributed by atoms with Crippen molar-refractivity contribution in [1.29, 1.82) is 0 Å². The summed E-state index contributed by atoms with van der Waals surface area (Å²) in [7, 11) is -1.83. The van der Waals surface area contributed by atoms with Gasteiger partial charge in [-0.2, -0.15) is 8.42 Å². The summed E-state index contributed by atoms with van der Waals surface area (Å²) in [5, 5.41) is 8.86. The molecule has 0 amide bonds. The van der Waals surface area contributed by atoms with Gasteiger partial charge in [-0.25, -0.2) is 0 Å². The van der Waals surface area contributed by atoms with E-state index < -0.39 is 10.0 Å². The van der Waals surface area contributed by atoms with Gasteiger partial charge >= 0.3 is 0 Å². The number of anilines is 2. The zero-order chi connectivity index (χ0) is 15.0. The minimum absolute atomic E-state index is 0.147. The van der Waals surface area contributed by atoms with E-state index in [9.17, 15) is 8.42 Å². The number of sulfonamides is 1. The highest BCUT2D eigenvalue weighted by Crippen LogP contribution is 2.35. The zero-order valence-electron chi connectivity index (χ0n) is 11.6. The van der Waals surface area contributed by atoms with Crippen molar-refractivity contribution >= 4 is 21.4 Å². The van der Waals surface area contributed by atoms with Gasteiger partial charge in [-0.3, -0.25) is 4.31 Å². The second kappa shape index (κ2) is 5.09. The average molecular weight is 308 g/mol. The molecular weight excluding hydrogens is 292 g/mol. The maximum Gasteiger partial charge on any atom is 0.297 e. The van der Waals surface area contributed by atoms with Gasteiger partial charge in [0.25, 0.3) is 10.0 Å². The third-order valence-electron chi connectivity index (χ3n) is 3.54. The van der Waals surface area contributed by atoms with E-state index in [2.05, 4.69) is 0 Å². The van der Waals surface area contributed by atoms with Crippen molar-refractivity contribution in [3.05, 3.63) is 42.2 Å². The van der Waals surface area contributed by atoms with Crippen LogP contribution in [0.15, 0.2) is 45.9 Å². The lowest BCUT2D eigenvalue weighted by atomic mass is 10.2. The highest BCUT2D eigenvalue weighted by atomic mass is 32.2. The summed E-state index contributed by atoms with van der Waals surface area (Å²) in [6, 6.07) is 10.2. The van der Waals surface area contributed by atoms with Crippen molar-refractivity contribution in [2.45, 2.75) is 11.7 Å². The Kier molecular flexibility index (Phi) is 3.38. The third-order valence-corrected chi connectivity index (χ3v) is 5.22. The number of aliphatic hydroxyl groups excluding tert-OH is 1. The lowest BCUT2D eigenvalue weighted by Crippen LogP contribution is -2.42. The van der Waals surface area contributed by atoms with E-state index in [1.165, 1.54) is 16.4 Å². The van der Waals surface area contributed by atoms with Crippen LogP contribution in [0.4, 0.5) is 11.4 Å². The largest absolute Gasteiger partial charge is 0.445 e. The van der Waals surface area contributed by atoms with Crippen LogP contribution in [0.1, 0.15) is 5.76 Å². The van der Waals surface area contributed by atoms with E-state index in [-0.39, 0.29) is 17.5 Å². The molecule has 112 valence electrons. The molecule has 0 unspecified atom stereocenters. The molecule has 0 atom stereocenters. The Labute approximate surface area is 123 Å². The molecule has 2 heterocycles. The molecule has 0 bridgehead atoms. The molecule has 1 aliphatic rings. The lowest BCUT2D eigenvalue weighted by molar-refractivity contribution is 0.236. The summed E-state index contributed by atoms with van der Waals surface area (Å²) in [4.78, 5) is 2.02. The summed E-state index contributed by atoms with van der Waals surface area (Å²) >= 11 is 0. The van der Waals surface area contributed by atoms with Crippen molar-refractivity contribution in [3.8, 4) is 0 Å². The van der Waals surface area contributed by atoms with Crippen LogP contribution in [-0.4, -0.2) is 33.7 Å². The number of hydrogen-bond donors (Lipinski definition) is 1. The number of hydrogen-bond acceptors (Lipinski definition) is 5. The van der Waals surface area contributed by atoms with Crippen molar-refractivity contribution in [1.82, 2.24) is 0 Å². The number of nitrogens with zero attached hydrogens (tertiary/aromatic N) is 2. The molecule has 1 aromatic heterocycles. The number of fused-ring (bicyclic) bond motifs is 1. The molecule has 0 saturated carbocycles. The topological polar surface area (TPSA) is 74.0 Å². The summed E-state index contributed by atoms with van der Waals surface area (Å²) in [5.41, 5.74) is 1.49. The predicted octanol–water partition coefficient (Wildman–Crippen LogP) is 1.42. The van der Waals surface area contributed by atoms with Crippen LogP contribution in [-0.2, 0) is 16.6 Å². The molecule has 2 aromatic rings. The minimum atomic E-state index is -3.76. The predicted molar refractivity (Wildman–Crippen MR) is 78.9 cm³/mol. The molecule has 21 heavy (non-hydrogen) atoms. The fraction of sp³-hybridized carbons (Fsp3) is 0.286. The first-order valence-corrected chi connectivity index (χ1v) is 8.00. The smallest absolute Gasteiger partial charge is 0.297 e. The fourth-order valence-corrected chi connectivity index (χ4v) is 3.82. The Hall–Kier alpha value is -1.99. The Morgan fingerprint density at radius 1 is 1.14 bits per heavy atom. The molecule has 6 nitrogen and oxygen atoms in total. The Morgan fingerprint density at radius 3 is 2.52 bits per heavy atom. The zero-order valence-corrected chi connectivity index (χ0v) is 12.4. The second-order valence-electron chi connectivity index (χ2n) is 4.87. The summed E-state index contributed by atoms with van der Waals surface area (Å²) in [6.45, 7) is 0.629. The molecular formula is C14H16N2O4S. The van der Waals surface area contributed by atoms with Crippen LogP contribution in [0, 0.1) is 0 Å². The highest BCUT2D eigenvalue weighted by Gasteiger charge is 2.32. The van der Waals surface area contributed by atoms with E-state index in [1.54, 1.807) is 6.07 Å². The number of benzene rings is 1. The standard InChI is InChI=1S/C14H16N2O4S/c1-15-8-9-16(13-5-3-2-4-12(13)15)21(18,19)14-7-6-11(10-17)20-14/h2-7,17H,8-10H2,1H3. The summed E-state index contributed by atoms with van der Waals surface area (Å²) in [6.07, 6.45) is 0. The Balaban J connectivity index is 2.06. The molecule has 0 radical (unpaired) electrons. The normalized spacial score (nSPS) is 15.1. The molecule has 0 aliphatic carbocycles. The van der Waals surface area contributed by atoms with E-state index in [1.807, 2.05) is 30.1 Å². The number of rotatable bonds is 3. The summed E-state index contributed by atoms with van der Waals surface area (Å²) < 4.78 is 32.0. The van der Waals surface area contributed by atoms with Crippen LogP contribution in [0.5, 0.6) is 0 Å². The maximum atomic E-state index is 12.7. The first-order chi connectivity index (χ1) is 10.0. The Bertz CT molecular complexity index is 754. The number of furan rings is 1. The van der Waals surface area contributed by atoms with Crippen molar-refractivity contribution in [2.75, 3.05) is 29.3 Å². The number of likely N-dealkylation sites (N-methyl/N-ethyl adjacent to an activating group) is 1. The lowest BCUT2D eigenvalue weighted by Gasteiger charge is -2.35. The van der Waals surface area contributed by atoms with Crippen molar-refractivity contribution in [3.63, 3.8) is 0 Å². The van der Waals surface area contributed by atoms with Crippen LogP contribution in [0.3, 0.4) is 0 Å². The molecule has 1 N–H and O–H groups in total. The van der Waals surface area contributed by atoms with Crippen molar-refractivity contribution < 1.29 is 17.9 Å². The van der Waals surface area contributed by atoms with Gasteiger partial charge in [0.15, 0.2) is 0 Å². The third kappa shape index (κ3) is 2.28. The monoisotopic (exact) mass is 308 g/mol. The minimum Gasteiger partial charge on any atom is -0.445 e. The number of aliphatic hydroxyl groups is 1. The summed E-state index contributed by atoms with van der Waals surface area (Å²) in [5.74, 6) is 0.232. The molecule has 1 aliphatic heterocycles. The molecule has 0 saturated heterocycles. The highest BCUT2D eigenvalue weighted by molar-refractivity contribution is 7.92. The SMILES string of the molecule is CN1CCN(S(=O)(=O)c2ccc(CO)o2)c2ccccc21. The molecule has 1 aromatic carbocycles. The Morgan fingerprint density at radius 2 is 1.86 bits per heavy atom. The van der Waals surface area contributed by atoms with Crippen molar-refractivity contribution in [2.24, 2.45) is 0 Å². The van der Waals surface area contributed by atoms with Crippen LogP contribution >= 0.6 is 0 Å². The van der Waals surface area contributed by atoms with E-state index in [0.29, 0.717) is 18.8 Å². The first kappa shape index (κ1) is 14.0. The van der Waals surface area contributed by atoms with Gasteiger partial charge in [0, 0.05) is 13.6 Å². The van der Waals surface area contributed by atoms with Gasteiger partial charge in [0.2, 0.25) is 5.09 Å². The average Bonchev–Trinajstić information content (AvgIpc) is 2.97. The maximum absolute atomic E-state index is 12.7. The van der Waals surface area contributed by atoms with Gasteiger partial charge in [-0.05, 0) is 24.3 Å². The van der Waals surface area contributed by atoms with E-state index >= 15 is 0 Å².